The Bertz CT molecular complexity index is 369. The highest BCUT2D eigenvalue weighted by Gasteiger charge is 2.42. The van der Waals surface area contributed by atoms with Crippen molar-refractivity contribution < 1.29 is 20.0 Å². The molecule has 2 rings (SSSR count). The van der Waals surface area contributed by atoms with Gasteiger partial charge in [-0.2, -0.15) is 0 Å². The summed E-state index contributed by atoms with van der Waals surface area (Å²) in [5.74, 6) is -0.995. The summed E-state index contributed by atoms with van der Waals surface area (Å²) >= 11 is 0. The third-order valence-electron chi connectivity index (χ3n) is 3.65. The highest BCUT2D eigenvalue weighted by atomic mass is 16.4. The second-order valence-corrected chi connectivity index (χ2v) is 4.94. The van der Waals surface area contributed by atoms with Crippen LogP contribution in [0.4, 0.5) is 0 Å². The number of allylic oxidation sites excluding steroid dienone is 2. The molecule has 1 heterocycles. The lowest BCUT2D eigenvalue weighted by molar-refractivity contribution is -0.723. The summed E-state index contributed by atoms with van der Waals surface area (Å²) in [7, 11) is 0. The summed E-state index contributed by atoms with van der Waals surface area (Å²) in [4.78, 5) is 22.0. The molecule has 1 spiro atoms. The molecule has 1 atom stereocenters. The van der Waals surface area contributed by atoms with E-state index in [0.29, 0.717) is 13.0 Å². The van der Waals surface area contributed by atoms with Crippen LogP contribution >= 0.6 is 0 Å². The van der Waals surface area contributed by atoms with Gasteiger partial charge in [0.25, 0.3) is 0 Å². The Labute approximate surface area is 94.0 Å². The number of hydrogen-bond acceptors (Lipinski definition) is 3. The molecule has 1 aliphatic carbocycles. The van der Waals surface area contributed by atoms with E-state index in [1.165, 1.54) is 0 Å². The normalized spacial score (nSPS) is 31.9. The first kappa shape index (κ1) is 11.1. The maximum atomic E-state index is 11.0. The van der Waals surface area contributed by atoms with Crippen molar-refractivity contribution >= 4 is 11.8 Å². The van der Waals surface area contributed by atoms with Crippen molar-refractivity contribution in [3.05, 3.63) is 24.3 Å². The highest BCUT2D eigenvalue weighted by molar-refractivity contribution is 6.00. The molecule has 0 aromatic carbocycles. The quantitative estimate of drug-likeness (QED) is 0.587. The minimum Gasteiger partial charge on any atom is -0.549 e. The Balaban J connectivity index is 2.11. The van der Waals surface area contributed by atoms with E-state index in [4.69, 9.17) is 0 Å². The van der Waals surface area contributed by atoms with Gasteiger partial charge in [0.15, 0.2) is 5.78 Å². The smallest absolute Gasteiger partial charge is 0.178 e. The summed E-state index contributed by atoms with van der Waals surface area (Å²) in [5.41, 5.74) is -0.975. The van der Waals surface area contributed by atoms with Crippen molar-refractivity contribution in [2.75, 3.05) is 6.54 Å². The molecule has 0 aromatic rings. The van der Waals surface area contributed by atoms with E-state index in [0.717, 1.165) is 6.42 Å². The zero-order valence-electron chi connectivity index (χ0n) is 9.23. The minimum absolute atomic E-state index is 0.00717. The van der Waals surface area contributed by atoms with Gasteiger partial charge in [0, 0.05) is 6.42 Å². The van der Waals surface area contributed by atoms with Gasteiger partial charge in [0.1, 0.15) is 5.54 Å². The van der Waals surface area contributed by atoms with Crippen LogP contribution in [0.25, 0.3) is 0 Å². The standard InChI is InChI=1S/C12H15NO3/c1-11(10(15)16)6-7-12(13-8-11)4-2-9(14)3-5-12/h2-5,13H,6-8H2,1H3,(H,15,16). The number of nitrogens with two attached hydrogens (primary N) is 1. The van der Waals surface area contributed by atoms with E-state index in [-0.39, 0.29) is 11.3 Å². The van der Waals surface area contributed by atoms with Gasteiger partial charge in [0.05, 0.1) is 17.9 Å². The first-order valence-corrected chi connectivity index (χ1v) is 5.44. The second-order valence-electron chi connectivity index (χ2n) is 4.94. The van der Waals surface area contributed by atoms with Crippen LogP contribution in [-0.2, 0) is 9.59 Å². The van der Waals surface area contributed by atoms with Crippen LogP contribution in [-0.4, -0.2) is 23.8 Å². The van der Waals surface area contributed by atoms with Crippen molar-refractivity contribution in [1.82, 2.24) is 0 Å². The van der Waals surface area contributed by atoms with E-state index < -0.39 is 11.4 Å². The molecule has 1 fully saturated rings. The first-order chi connectivity index (χ1) is 7.46. The summed E-state index contributed by atoms with van der Waals surface area (Å²) in [5, 5.41) is 13.0. The summed E-state index contributed by atoms with van der Waals surface area (Å²) < 4.78 is 0. The van der Waals surface area contributed by atoms with Crippen molar-refractivity contribution in [3.8, 4) is 0 Å². The Morgan fingerprint density at radius 1 is 1.38 bits per heavy atom. The summed E-state index contributed by atoms with van der Waals surface area (Å²) in [6.07, 6.45) is 8.14. The number of hydrogen-bond donors (Lipinski definition) is 1. The number of carboxylic acid groups (broad SMARTS) is 1. The molecule has 0 bridgehead atoms. The lowest BCUT2D eigenvalue weighted by Crippen LogP contribution is -3.00. The third kappa shape index (κ3) is 1.80. The monoisotopic (exact) mass is 221 g/mol. The number of quaternary nitrogens is 1. The fourth-order valence-corrected chi connectivity index (χ4v) is 2.19. The van der Waals surface area contributed by atoms with Gasteiger partial charge in [0.2, 0.25) is 0 Å². The SMILES string of the molecule is CC1(C(=O)[O-])CCC2(C=CC(=O)C=C2)[NH2+]C1. The molecule has 86 valence electrons. The third-order valence-corrected chi connectivity index (χ3v) is 3.65. The van der Waals surface area contributed by atoms with Gasteiger partial charge in [-0.1, -0.05) is 0 Å². The maximum absolute atomic E-state index is 11.0. The average Bonchev–Trinajstić information content (AvgIpc) is 2.27. The Kier molecular flexibility index (Phi) is 2.46. The fourth-order valence-electron chi connectivity index (χ4n) is 2.19. The number of rotatable bonds is 1. The van der Waals surface area contributed by atoms with Gasteiger partial charge in [-0.15, -0.1) is 0 Å². The molecule has 16 heavy (non-hydrogen) atoms. The fraction of sp³-hybridized carbons (Fsp3) is 0.500. The van der Waals surface area contributed by atoms with E-state index in [9.17, 15) is 14.7 Å². The first-order valence-electron chi connectivity index (χ1n) is 5.44. The molecule has 0 aromatic heterocycles. The topological polar surface area (TPSA) is 73.8 Å². The minimum atomic E-state index is -0.988. The molecular formula is C12H15NO3. The van der Waals surface area contributed by atoms with Gasteiger partial charge >= 0.3 is 0 Å². The van der Waals surface area contributed by atoms with E-state index >= 15 is 0 Å². The molecule has 4 heteroatoms. The molecule has 1 unspecified atom stereocenters. The predicted molar refractivity (Wildman–Crippen MR) is 55.2 cm³/mol. The van der Waals surface area contributed by atoms with Crippen LogP contribution in [0.1, 0.15) is 19.8 Å². The van der Waals surface area contributed by atoms with Crippen molar-refractivity contribution in [2.45, 2.75) is 25.3 Å². The zero-order chi connectivity index (χ0) is 11.8. The van der Waals surface area contributed by atoms with Gasteiger partial charge < -0.3 is 15.2 Å². The molecule has 2 N–H and O–H groups in total. The van der Waals surface area contributed by atoms with Crippen molar-refractivity contribution in [1.29, 1.82) is 0 Å². The van der Waals surface area contributed by atoms with E-state index in [1.807, 2.05) is 17.5 Å². The number of ketones is 1. The number of carboxylic acids is 1. The number of carbonyl (C=O) groups excluding carboxylic acids is 2. The van der Waals surface area contributed by atoms with Crippen LogP contribution in [0.5, 0.6) is 0 Å². The average molecular weight is 221 g/mol. The summed E-state index contributed by atoms with van der Waals surface area (Å²) in [6, 6.07) is 0. The highest BCUT2D eigenvalue weighted by Crippen LogP contribution is 2.30. The van der Waals surface area contributed by atoms with Crippen LogP contribution in [0.2, 0.25) is 0 Å². The largest absolute Gasteiger partial charge is 0.549 e. The van der Waals surface area contributed by atoms with Gasteiger partial charge in [-0.05, 0) is 37.6 Å². The Morgan fingerprint density at radius 2 is 2.00 bits per heavy atom. The van der Waals surface area contributed by atoms with E-state index in [2.05, 4.69) is 0 Å². The summed E-state index contributed by atoms with van der Waals surface area (Å²) in [6.45, 7) is 2.20. The lowest BCUT2D eigenvalue weighted by Gasteiger charge is -2.41. The molecule has 4 nitrogen and oxygen atoms in total. The van der Waals surface area contributed by atoms with Crippen LogP contribution in [0, 0.1) is 5.41 Å². The lowest BCUT2D eigenvalue weighted by atomic mass is 9.74. The Hall–Kier alpha value is -1.42. The van der Waals surface area contributed by atoms with Gasteiger partial charge in [-0.3, -0.25) is 4.79 Å². The van der Waals surface area contributed by atoms with Crippen LogP contribution in [0.15, 0.2) is 24.3 Å². The van der Waals surface area contributed by atoms with Crippen LogP contribution < -0.4 is 10.4 Å². The molecule has 1 aliphatic heterocycles. The second kappa shape index (κ2) is 3.56. The molecule has 0 radical (unpaired) electrons. The molecule has 0 amide bonds. The number of aliphatic carboxylic acids is 1. The molecular weight excluding hydrogens is 206 g/mol. The van der Waals surface area contributed by atoms with Crippen molar-refractivity contribution in [2.24, 2.45) is 5.41 Å². The number of carbonyl (C=O) groups is 2. The molecule has 2 aliphatic rings. The maximum Gasteiger partial charge on any atom is 0.178 e. The zero-order valence-corrected chi connectivity index (χ0v) is 9.23. The van der Waals surface area contributed by atoms with Gasteiger partial charge in [-0.25, -0.2) is 0 Å². The van der Waals surface area contributed by atoms with Crippen molar-refractivity contribution in [3.63, 3.8) is 0 Å². The molecule has 0 saturated carbocycles. The number of piperidine rings is 1. The van der Waals surface area contributed by atoms with Crippen LogP contribution in [0.3, 0.4) is 0 Å². The predicted octanol–water partition coefficient (Wildman–Crippen LogP) is -1.47. The van der Waals surface area contributed by atoms with E-state index in [1.54, 1.807) is 19.1 Å². The Morgan fingerprint density at radius 3 is 2.44 bits per heavy atom. The molecule has 1 saturated heterocycles.